The van der Waals surface area contributed by atoms with Gasteiger partial charge in [-0.1, -0.05) is 43.0 Å². The van der Waals surface area contributed by atoms with Crippen molar-refractivity contribution < 1.29 is 14.7 Å². The van der Waals surface area contributed by atoms with E-state index in [2.05, 4.69) is 41.1 Å². The van der Waals surface area contributed by atoms with Crippen LogP contribution in [-0.2, 0) is 4.52 Å². The second-order valence-corrected chi connectivity index (χ2v) is 11.5. The Labute approximate surface area is 210 Å². The lowest BCUT2D eigenvalue weighted by Crippen LogP contribution is -2.26. The molecule has 0 aliphatic carbocycles. The molecule has 3 rings (SSSR count). The smallest absolute Gasteiger partial charge is 0.192 e. The third-order valence-electron chi connectivity index (χ3n) is 5.02. The van der Waals surface area contributed by atoms with Crippen LogP contribution in [0.3, 0.4) is 0 Å². The molecule has 0 bridgehead atoms. The second-order valence-electron chi connectivity index (χ2n) is 8.49. The zero-order valence-electron chi connectivity index (χ0n) is 20.0. The summed E-state index contributed by atoms with van der Waals surface area (Å²) in [6.45, 7) is 9.84. The number of pyridine rings is 1. The van der Waals surface area contributed by atoms with Crippen molar-refractivity contribution in [2.45, 2.75) is 69.7 Å². The Morgan fingerprint density at radius 2 is 1.94 bits per heavy atom. The van der Waals surface area contributed by atoms with Crippen molar-refractivity contribution in [3.8, 4) is 0 Å². The summed E-state index contributed by atoms with van der Waals surface area (Å²) in [7, 11) is -0.0525. The Morgan fingerprint density at radius 3 is 2.59 bits per heavy atom. The van der Waals surface area contributed by atoms with Crippen molar-refractivity contribution in [1.29, 1.82) is 0 Å². The average molecular weight is 525 g/mol. The van der Waals surface area contributed by atoms with Crippen LogP contribution in [0.15, 0.2) is 29.6 Å². The number of hydrogen-bond donors (Lipinski definition) is 4. The van der Waals surface area contributed by atoms with Gasteiger partial charge in [-0.3, -0.25) is 4.98 Å². The van der Waals surface area contributed by atoms with Gasteiger partial charge in [0.25, 0.3) is 0 Å². The highest BCUT2D eigenvalue weighted by Crippen LogP contribution is 2.37. The maximum atomic E-state index is 9.91. The van der Waals surface area contributed by atoms with E-state index in [1.807, 2.05) is 25.1 Å². The molecule has 3 aromatic heterocycles. The molecule has 0 spiro atoms. The maximum Gasteiger partial charge on any atom is 0.192 e. The van der Waals surface area contributed by atoms with Gasteiger partial charge in [-0.05, 0) is 45.2 Å². The lowest BCUT2D eigenvalue weighted by Gasteiger charge is -2.19. The molecule has 5 unspecified atom stereocenters. The van der Waals surface area contributed by atoms with E-state index in [9.17, 15) is 10.2 Å². The predicted molar refractivity (Wildman–Crippen MR) is 142 cm³/mol. The highest BCUT2D eigenvalue weighted by atomic mass is 32.2. The minimum atomic E-state index is -0.552. The van der Waals surface area contributed by atoms with E-state index in [4.69, 9.17) is 14.5 Å². The van der Waals surface area contributed by atoms with E-state index in [0.717, 1.165) is 16.8 Å². The van der Waals surface area contributed by atoms with Crippen LogP contribution in [0.1, 0.15) is 52.0 Å². The number of aromatic nitrogens is 4. The van der Waals surface area contributed by atoms with Gasteiger partial charge >= 0.3 is 0 Å². The first-order chi connectivity index (χ1) is 16.3. The molecule has 3 aromatic rings. The number of anilines is 2. The molecule has 0 fully saturated rings. The third kappa shape index (κ3) is 7.69. The molecule has 0 aliphatic heterocycles. The van der Waals surface area contributed by atoms with E-state index < -0.39 is 6.10 Å². The van der Waals surface area contributed by atoms with Crippen LogP contribution >= 0.6 is 32.1 Å². The summed E-state index contributed by atoms with van der Waals surface area (Å²) >= 11 is 2.95. The largest absolute Gasteiger partial charge is 0.394 e. The molecule has 0 saturated heterocycles. The summed E-state index contributed by atoms with van der Waals surface area (Å²) in [5.41, 5.74) is 1.53. The molecule has 0 radical (unpaired) electrons. The van der Waals surface area contributed by atoms with E-state index in [-0.39, 0.29) is 33.0 Å². The van der Waals surface area contributed by atoms with Gasteiger partial charge in [-0.15, -0.1) is 0 Å². The van der Waals surface area contributed by atoms with Crippen LogP contribution in [-0.4, -0.2) is 55.0 Å². The fourth-order valence-corrected chi connectivity index (χ4v) is 5.53. The Hall–Kier alpha value is -1.62. The van der Waals surface area contributed by atoms with Crippen molar-refractivity contribution in [2.75, 3.05) is 17.0 Å². The van der Waals surface area contributed by atoms with Crippen LogP contribution in [0.4, 0.5) is 10.9 Å². The first-order valence-corrected chi connectivity index (χ1v) is 13.9. The van der Waals surface area contributed by atoms with Gasteiger partial charge in [-0.2, -0.15) is 4.98 Å². The van der Waals surface area contributed by atoms with Crippen LogP contribution in [0.25, 0.3) is 10.3 Å². The lowest BCUT2D eigenvalue weighted by molar-refractivity contribution is 0.0715. The molecule has 9 nitrogen and oxygen atoms in total. The minimum absolute atomic E-state index is 0.00680. The van der Waals surface area contributed by atoms with E-state index >= 15 is 0 Å². The van der Waals surface area contributed by atoms with Gasteiger partial charge in [0.1, 0.15) is 13.7 Å². The fraction of sp³-hybridized carbons (Fsp3) is 0.545. The summed E-state index contributed by atoms with van der Waals surface area (Å²) in [5, 5.41) is 27.4. The number of thioether (sulfide) groups is 1. The van der Waals surface area contributed by atoms with Gasteiger partial charge in [0.05, 0.1) is 35.8 Å². The molecule has 0 aromatic carbocycles. The van der Waals surface area contributed by atoms with Crippen molar-refractivity contribution in [1.82, 2.24) is 19.9 Å². The predicted octanol–water partition coefficient (Wildman–Crippen LogP) is 4.86. The highest BCUT2D eigenvalue weighted by molar-refractivity contribution is 7.99. The Bertz CT molecular complexity index is 1040. The molecule has 12 heteroatoms. The third-order valence-corrected chi connectivity index (χ3v) is 7.98. The minimum Gasteiger partial charge on any atom is -0.394 e. The molecule has 4 N–H and O–H groups in total. The molecule has 0 aliphatic rings. The van der Waals surface area contributed by atoms with Gasteiger partial charge in [0.2, 0.25) is 0 Å². The zero-order chi connectivity index (χ0) is 24.7. The van der Waals surface area contributed by atoms with E-state index in [1.165, 1.54) is 23.1 Å². The Morgan fingerprint density at radius 1 is 1.15 bits per heavy atom. The summed E-state index contributed by atoms with van der Waals surface area (Å²) < 4.78 is 6.44. The average Bonchev–Trinajstić information content (AvgIpc) is 3.21. The fourth-order valence-electron chi connectivity index (χ4n) is 3.05. The van der Waals surface area contributed by atoms with Crippen LogP contribution in [0, 0.1) is 5.92 Å². The molecule has 0 amide bonds. The quantitative estimate of drug-likeness (QED) is 0.140. The van der Waals surface area contributed by atoms with Gasteiger partial charge in [0.15, 0.2) is 21.8 Å². The number of nitrogens with zero attached hydrogens (tertiary/aromatic N) is 4. The topological polar surface area (TPSA) is 125 Å². The van der Waals surface area contributed by atoms with Gasteiger partial charge in [0, 0.05) is 6.20 Å². The second kappa shape index (κ2) is 12.9. The van der Waals surface area contributed by atoms with E-state index in [0.29, 0.717) is 27.7 Å². The normalized spacial score (nSPS) is 15.6. The van der Waals surface area contributed by atoms with Crippen molar-refractivity contribution in [2.24, 2.45) is 5.92 Å². The SMILES string of the molecule is CC(C)CC(CO)Nc1nc(SC(C)c2ccccn2)nc2nc(NPOC(C)C(C)O)sc12. The van der Waals surface area contributed by atoms with E-state index in [1.54, 1.807) is 13.1 Å². The highest BCUT2D eigenvalue weighted by Gasteiger charge is 2.20. The first-order valence-electron chi connectivity index (χ1n) is 11.2. The number of hydrogen-bond acceptors (Lipinski definition) is 11. The number of rotatable bonds is 13. The Kier molecular flexibility index (Phi) is 10.2. The van der Waals surface area contributed by atoms with Crippen LogP contribution in [0.5, 0.6) is 0 Å². The molecule has 3 heterocycles. The molecule has 186 valence electrons. The first kappa shape index (κ1) is 27.0. The van der Waals surface area contributed by atoms with Crippen LogP contribution < -0.4 is 10.4 Å². The zero-order valence-corrected chi connectivity index (χ0v) is 22.7. The molecule has 0 saturated carbocycles. The van der Waals surface area contributed by atoms with Crippen LogP contribution in [0.2, 0.25) is 0 Å². The lowest BCUT2D eigenvalue weighted by atomic mass is 10.0. The molecule has 5 atom stereocenters. The summed E-state index contributed by atoms with van der Waals surface area (Å²) in [6.07, 6.45) is 1.75. The standard InChI is InChI=1S/C22H33N6O3PS2/c1-12(2)10-16(11-29)24-19-18-20(27-22(34-18)28-32-31-14(4)13(3)30)26-21(25-19)33-15(5)17-8-6-7-9-23-17/h6-9,12-16,29-30,32H,10-11H2,1-5H3,(H2,24,25,26,27,28). The number of nitrogens with one attached hydrogen (secondary N) is 2. The molecule has 34 heavy (non-hydrogen) atoms. The van der Waals surface area contributed by atoms with Gasteiger partial charge < -0.3 is 25.1 Å². The molecular weight excluding hydrogens is 491 g/mol. The summed E-state index contributed by atoms with van der Waals surface area (Å²) in [6, 6.07) is 5.72. The van der Waals surface area contributed by atoms with Crippen molar-refractivity contribution >= 4 is 53.4 Å². The molecular formula is C22H33N6O3PS2. The number of thiazole rings is 1. The summed E-state index contributed by atoms with van der Waals surface area (Å²) in [4.78, 5) is 18.6. The monoisotopic (exact) mass is 524 g/mol. The number of aliphatic hydroxyl groups is 2. The number of fused-ring (bicyclic) bond motifs is 1. The number of aliphatic hydroxyl groups excluding tert-OH is 2. The maximum absolute atomic E-state index is 9.91. The Balaban J connectivity index is 1.86. The summed E-state index contributed by atoms with van der Waals surface area (Å²) in [5.74, 6) is 1.08. The van der Waals surface area contributed by atoms with Gasteiger partial charge in [-0.25, -0.2) is 9.97 Å². The van der Waals surface area contributed by atoms with Crippen molar-refractivity contribution in [3.63, 3.8) is 0 Å². The van der Waals surface area contributed by atoms with Crippen molar-refractivity contribution in [3.05, 3.63) is 30.1 Å².